The zero-order chi connectivity index (χ0) is 13.9. The highest BCUT2D eigenvalue weighted by Gasteiger charge is 2.25. The molecule has 1 saturated heterocycles. The van der Waals surface area contributed by atoms with Crippen molar-refractivity contribution in [2.24, 2.45) is 0 Å². The summed E-state index contributed by atoms with van der Waals surface area (Å²) >= 11 is 0. The van der Waals surface area contributed by atoms with Crippen molar-refractivity contribution in [3.63, 3.8) is 0 Å². The van der Waals surface area contributed by atoms with Crippen molar-refractivity contribution in [2.75, 3.05) is 20.2 Å². The van der Waals surface area contributed by atoms with E-state index in [0.717, 1.165) is 31.4 Å². The van der Waals surface area contributed by atoms with Gasteiger partial charge in [0.15, 0.2) is 0 Å². The lowest BCUT2D eigenvalue weighted by molar-refractivity contribution is 0.00858. The van der Waals surface area contributed by atoms with Crippen molar-refractivity contribution in [1.82, 2.24) is 4.31 Å². The molecule has 1 unspecified atom stereocenters. The molecule has 1 fully saturated rings. The Labute approximate surface area is 115 Å². The molecule has 5 heteroatoms. The van der Waals surface area contributed by atoms with Crippen LogP contribution < -0.4 is 0 Å². The van der Waals surface area contributed by atoms with Crippen molar-refractivity contribution in [2.45, 2.75) is 37.2 Å². The highest BCUT2D eigenvalue weighted by Crippen LogP contribution is 2.19. The predicted molar refractivity (Wildman–Crippen MR) is 74.6 cm³/mol. The van der Waals surface area contributed by atoms with Crippen molar-refractivity contribution < 1.29 is 13.2 Å². The monoisotopic (exact) mass is 283 g/mol. The van der Waals surface area contributed by atoms with Crippen molar-refractivity contribution in [1.29, 1.82) is 0 Å². The van der Waals surface area contributed by atoms with Gasteiger partial charge in [0.2, 0.25) is 10.0 Å². The number of hydrogen-bond donors (Lipinski definition) is 0. The van der Waals surface area contributed by atoms with Crippen LogP contribution in [0.1, 0.15) is 24.8 Å². The Kier molecular flexibility index (Phi) is 4.60. The first-order valence-corrected chi connectivity index (χ1v) is 8.09. The molecule has 0 radical (unpaired) electrons. The fourth-order valence-electron chi connectivity index (χ4n) is 2.23. The summed E-state index contributed by atoms with van der Waals surface area (Å²) in [6, 6.07) is 6.95. The van der Waals surface area contributed by atoms with Gasteiger partial charge in [0.25, 0.3) is 0 Å². The smallest absolute Gasteiger partial charge is 0.242 e. The zero-order valence-electron chi connectivity index (χ0n) is 11.5. The first kappa shape index (κ1) is 14.5. The van der Waals surface area contributed by atoms with E-state index in [1.54, 1.807) is 19.2 Å². The summed E-state index contributed by atoms with van der Waals surface area (Å²) in [5.74, 6) is 0. The minimum absolute atomic E-state index is 0.0268. The number of aryl methyl sites for hydroxylation is 1. The molecule has 0 amide bonds. The summed E-state index contributed by atoms with van der Waals surface area (Å²) in [6.45, 7) is 3.11. The summed E-state index contributed by atoms with van der Waals surface area (Å²) in [6.07, 6.45) is 3.15. The third-order valence-electron chi connectivity index (χ3n) is 3.46. The van der Waals surface area contributed by atoms with Gasteiger partial charge in [-0.25, -0.2) is 8.42 Å². The Hall–Kier alpha value is -0.910. The number of ether oxygens (including phenoxy) is 1. The number of hydrogen-bond acceptors (Lipinski definition) is 3. The SMILES string of the molecule is Cc1ccc(S(=O)(=O)N(C)CC2CCCCO2)cc1. The lowest BCUT2D eigenvalue weighted by Crippen LogP contribution is -2.37. The first-order chi connectivity index (χ1) is 9.00. The largest absolute Gasteiger partial charge is 0.377 e. The standard InChI is InChI=1S/C14H21NO3S/c1-12-6-8-14(9-7-12)19(16,17)15(2)11-13-5-3-4-10-18-13/h6-9,13H,3-5,10-11H2,1-2H3. The summed E-state index contributed by atoms with van der Waals surface area (Å²) in [5.41, 5.74) is 1.05. The molecule has 0 spiro atoms. The van der Waals surface area contributed by atoms with Crippen LogP contribution >= 0.6 is 0 Å². The summed E-state index contributed by atoms with van der Waals surface area (Å²) in [4.78, 5) is 0.344. The van der Waals surface area contributed by atoms with Crippen LogP contribution in [0.5, 0.6) is 0 Å². The number of benzene rings is 1. The Morgan fingerprint density at radius 1 is 1.26 bits per heavy atom. The number of sulfonamides is 1. The third kappa shape index (κ3) is 3.55. The normalized spacial score (nSPS) is 20.7. The number of nitrogens with zero attached hydrogens (tertiary/aromatic N) is 1. The molecule has 0 N–H and O–H groups in total. The molecule has 0 aromatic heterocycles. The second-order valence-corrected chi connectivity index (χ2v) is 7.13. The van der Waals surface area contributed by atoms with Gasteiger partial charge in [-0.3, -0.25) is 0 Å². The highest BCUT2D eigenvalue weighted by molar-refractivity contribution is 7.89. The van der Waals surface area contributed by atoms with Crippen LogP contribution in [0.2, 0.25) is 0 Å². The molecule has 106 valence electrons. The zero-order valence-corrected chi connectivity index (χ0v) is 12.3. The predicted octanol–water partition coefficient (Wildman–Crippen LogP) is 2.18. The minimum Gasteiger partial charge on any atom is -0.377 e. The lowest BCUT2D eigenvalue weighted by atomic mass is 10.1. The molecule has 0 saturated carbocycles. The van der Waals surface area contributed by atoms with Crippen molar-refractivity contribution >= 4 is 10.0 Å². The topological polar surface area (TPSA) is 46.6 Å². The van der Waals surface area contributed by atoms with Gasteiger partial charge >= 0.3 is 0 Å². The maximum absolute atomic E-state index is 12.4. The molecular formula is C14H21NO3S. The maximum Gasteiger partial charge on any atom is 0.242 e. The molecule has 1 aromatic carbocycles. The van der Waals surface area contributed by atoms with E-state index in [1.165, 1.54) is 4.31 Å². The molecule has 1 aliphatic rings. The van der Waals surface area contributed by atoms with Gasteiger partial charge in [-0.1, -0.05) is 17.7 Å². The number of likely N-dealkylation sites (N-methyl/N-ethyl adjacent to an activating group) is 1. The fourth-order valence-corrected chi connectivity index (χ4v) is 3.43. The highest BCUT2D eigenvalue weighted by atomic mass is 32.2. The molecule has 2 rings (SSSR count). The van der Waals surface area contributed by atoms with E-state index < -0.39 is 10.0 Å². The molecule has 0 aliphatic carbocycles. The van der Waals surface area contributed by atoms with Crippen LogP contribution in [0.15, 0.2) is 29.2 Å². The maximum atomic E-state index is 12.4. The van der Waals surface area contributed by atoms with Crippen molar-refractivity contribution in [3.05, 3.63) is 29.8 Å². The van der Waals surface area contributed by atoms with Crippen LogP contribution in [-0.2, 0) is 14.8 Å². The fraction of sp³-hybridized carbons (Fsp3) is 0.571. The Morgan fingerprint density at radius 2 is 1.95 bits per heavy atom. The van der Waals surface area contributed by atoms with E-state index in [4.69, 9.17) is 4.74 Å². The summed E-state index contributed by atoms with van der Waals surface area (Å²) in [5, 5.41) is 0. The Morgan fingerprint density at radius 3 is 2.53 bits per heavy atom. The third-order valence-corrected chi connectivity index (χ3v) is 5.30. The van der Waals surface area contributed by atoms with Gasteiger partial charge in [0.1, 0.15) is 0 Å². The van der Waals surface area contributed by atoms with Gasteiger partial charge in [0, 0.05) is 20.2 Å². The molecular weight excluding hydrogens is 262 g/mol. The average molecular weight is 283 g/mol. The minimum atomic E-state index is -3.40. The number of rotatable bonds is 4. The van der Waals surface area contributed by atoms with Crippen LogP contribution in [0.3, 0.4) is 0 Å². The van der Waals surface area contributed by atoms with Crippen LogP contribution in [0.4, 0.5) is 0 Å². The van der Waals surface area contributed by atoms with E-state index in [2.05, 4.69) is 0 Å². The van der Waals surface area contributed by atoms with Gasteiger partial charge in [0.05, 0.1) is 11.0 Å². The van der Waals surface area contributed by atoms with E-state index in [-0.39, 0.29) is 6.10 Å². The Bertz CT molecular complexity index is 504. The van der Waals surface area contributed by atoms with E-state index in [9.17, 15) is 8.42 Å². The van der Waals surface area contributed by atoms with Crippen molar-refractivity contribution in [3.8, 4) is 0 Å². The van der Waals surface area contributed by atoms with Gasteiger partial charge in [-0.15, -0.1) is 0 Å². The molecule has 0 bridgehead atoms. The van der Waals surface area contributed by atoms with Gasteiger partial charge in [-0.2, -0.15) is 4.31 Å². The molecule has 1 heterocycles. The van der Waals surface area contributed by atoms with E-state index >= 15 is 0 Å². The Balaban J connectivity index is 2.07. The van der Waals surface area contributed by atoms with Gasteiger partial charge in [-0.05, 0) is 38.3 Å². The quantitative estimate of drug-likeness (QED) is 0.851. The summed E-state index contributed by atoms with van der Waals surface area (Å²) < 4.78 is 31.8. The van der Waals surface area contributed by atoms with Crippen LogP contribution in [0, 0.1) is 6.92 Å². The molecule has 4 nitrogen and oxygen atoms in total. The second-order valence-electron chi connectivity index (χ2n) is 5.09. The van der Waals surface area contributed by atoms with E-state index in [0.29, 0.717) is 11.4 Å². The van der Waals surface area contributed by atoms with Crippen LogP contribution in [0.25, 0.3) is 0 Å². The lowest BCUT2D eigenvalue weighted by Gasteiger charge is -2.27. The first-order valence-electron chi connectivity index (χ1n) is 6.65. The van der Waals surface area contributed by atoms with E-state index in [1.807, 2.05) is 19.1 Å². The molecule has 19 heavy (non-hydrogen) atoms. The average Bonchev–Trinajstić information content (AvgIpc) is 2.40. The molecule has 1 aromatic rings. The van der Waals surface area contributed by atoms with Gasteiger partial charge < -0.3 is 4.74 Å². The molecule has 1 atom stereocenters. The van der Waals surface area contributed by atoms with Crippen LogP contribution in [-0.4, -0.2) is 39.0 Å². The molecule has 1 aliphatic heterocycles. The second kappa shape index (κ2) is 6.03. The summed E-state index contributed by atoms with van der Waals surface area (Å²) in [7, 11) is -1.78.